The van der Waals surface area contributed by atoms with Crippen LogP contribution in [0.3, 0.4) is 0 Å². The molecule has 2 heteroatoms. The van der Waals surface area contributed by atoms with Crippen LogP contribution in [0.15, 0.2) is 0 Å². The Bertz CT molecular complexity index is 180. The van der Waals surface area contributed by atoms with Gasteiger partial charge in [-0.2, -0.15) is 4.73 Å². The van der Waals surface area contributed by atoms with Crippen molar-refractivity contribution in [1.29, 1.82) is 0 Å². The van der Waals surface area contributed by atoms with Gasteiger partial charge in [-0.1, -0.05) is 0 Å². The molecular formula is C8H13NO. The third-order valence-corrected chi connectivity index (χ3v) is 2.28. The molecule has 2 nitrogen and oxygen atoms in total. The summed E-state index contributed by atoms with van der Waals surface area (Å²) < 4.78 is 1.24. The van der Waals surface area contributed by atoms with Crippen LogP contribution in [0.2, 0.25) is 0 Å². The van der Waals surface area contributed by atoms with E-state index in [2.05, 4.69) is 0 Å². The fourth-order valence-corrected chi connectivity index (χ4v) is 1.11. The van der Waals surface area contributed by atoms with E-state index < -0.39 is 0 Å². The molecule has 0 aliphatic carbocycles. The van der Waals surface area contributed by atoms with E-state index in [1.807, 2.05) is 27.7 Å². The Morgan fingerprint density at radius 2 is 1.20 bits per heavy atom. The minimum atomic E-state index is 0.940. The molecule has 1 aromatic rings. The van der Waals surface area contributed by atoms with Gasteiger partial charge in [-0.15, -0.1) is 0 Å². The van der Waals surface area contributed by atoms with Gasteiger partial charge in [0, 0.05) is 0 Å². The molecule has 1 N–H and O–H groups in total. The van der Waals surface area contributed by atoms with E-state index in [4.69, 9.17) is 0 Å². The maximum Gasteiger partial charge on any atom is 0.0571 e. The van der Waals surface area contributed by atoms with Gasteiger partial charge in [0.2, 0.25) is 0 Å². The molecule has 0 saturated heterocycles. The van der Waals surface area contributed by atoms with Crippen LogP contribution in [0.5, 0.6) is 0 Å². The Morgan fingerprint density at radius 3 is 1.30 bits per heavy atom. The lowest BCUT2D eigenvalue weighted by atomic mass is 10.2. The minimum absolute atomic E-state index is 0.940. The predicted molar refractivity (Wildman–Crippen MR) is 40.6 cm³/mol. The second-order valence-corrected chi connectivity index (χ2v) is 2.73. The van der Waals surface area contributed by atoms with Gasteiger partial charge in [0.25, 0.3) is 0 Å². The van der Waals surface area contributed by atoms with Gasteiger partial charge in [0.05, 0.1) is 11.4 Å². The van der Waals surface area contributed by atoms with Crippen molar-refractivity contribution in [1.82, 2.24) is 4.73 Å². The van der Waals surface area contributed by atoms with Gasteiger partial charge < -0.3 is 5.21 Å². The first-order valence-corrected chi connectivity index (χ1v) is 3.40. The van der Waals surface area contributed by atoms with E-state index in [0.29, 0.717) is 0 Å². The highest BCUT2D eigenvalue weighted by molar-refractivity contribution is 5.34. The van der Waals surface area contributed by atoms with E-state index in [0.717, 1.165) is 11.4 Å². The van der Waals surface area contributed by atoms with Crippen LogP contribution >= 0.6 is 0 Å². The summed E-state index contributed by atoms with van der Waals surface area (Å²) in [5.41, 5.74) is 4.24. The number of hydrogen-bond acceptors (Lipinski definition) is 1. The fraction of sp³-hybridized carbons (Fsp3) is 0.500. The van der Waals surface area contributed by atoms with Crippen LogP contribution < -0.4 is 0 Å². The summed E-state index contributed by atoms with van der Waals surface area (Å²) in [6.07, 6.45) is 0. The normalized spacial score (nSPS) is 10.4. The first-order chi connectivity index (χ1) is 4.55. The van der Waals surface area contributed by atoms with Crippen molar-refractivity contribution in [3.05, 3.63) is 22.5 Å². The molecule has 0 spiro atoms. The van der Waals surface area contributed by atoms with Crippen LogP contribution in [0.25, 0.3) is 0 Å². The molecule has 0 aliphatic heterocycles. The Hall–Kier alpha value is -0.920. The highest BCUT2D eigenvalue weighted by Crippen LogP contribution is 2.17. The maximum atomic E-state index is 9.32. The molecule has 0 amide bonds. The lowest BCUT2D eigenvalue weighted by molar-refractivity contribution is 0.174. The van der Waals surface area contributed by atoms with Gasteiger partial charge in [-0.25, -0.2) is 0 Å². The second-order valence-electron chi connectivity index (χ2n) is 2.73. The summed E-state index contributed by atoms with van der Waals surface area (Å²) in [4.78, 5) is 0. The highest BCUT2D eigenvalue weighted by Gasteiger charge is 2.08. The average Bonchev–Trinajstić information content (AvgIpc) is 2.07. The second kappa shape index (κ2) is 2.04. The molecule has 0 fully saturated rings. The Kier molecular flexibility index (Phi) is 1.47. The molecule has 1 heterocycles. The zero-order valence-electron chi connectivity index (χ0n) is 6.89. The maximum absolute atomic E-state index is 9.32. The molecule has 0 atom stereocenters. The summed E-state index contributed by atoms with van der Waals surface area (Å²) in [7, 11) is 0. The SMILES string of the molecule is Cc1c(C)c(C)n(O)c1C. The number of rotatable bonds is 0. The molecule has 0 bridgehead atoms. The van der Waals surface area contributed by atoms with Crippen molar-refractivity contribution in [2.45, 2.75) is 27.7 Å². The topological polar surface area (TPSA) is 25.2 Å². The van der Waals surface area contributed by atoms with Gasteiger partial charge in [0.1, 0.15) is 0 Å². The molecule has 56 valence electrons. The van der Waals surface area contributed by atoms with Crippen molar-refractivity contribution in [2.24, 2.45) is 0 Å². The Morgan fingerprint density at radius 1 is 0.900 bits per heavy atom. The number of hydrogen-bond donors (Lipinski definition) is 1. The summed E-state index contributed by atoms with van der Waals surface area (Å²) in [6, 6.07) is 0. The number of aromatic nitrogens is 1. The summed E-state index contributed by atoms with van der Waals surface area (Å²) in [5, 5.41) is 9.32. The van der Waals surface area contributed by atoms with Crippen molar-refractivity contribution in [3.8, 4) is 0 Å². The van der Waals surface area contributed by atoms with Crippen LogP contribution in [-0.4, -0.2) is 9.94 Å². The largest absolute Gasteiger partial charge is 0.428 e. The zero-order chi connectivity index (χ0) is 7.89. The molecule has 0 saturated carbocycles. The molecule has 1 aromatic heterocycles. The monoisotopic (exact) mass is 139 g/mol. The first kappa shape index (κ1) is 7.19. The summed E-state index contributed by atoms with van der Waals surface area (Å²) >= 11 is 0. The average molecular weight is 139 g/mol. The van der Waals surface area contributed by atoms with Crippen molar-refractivity contribution < 1.29 is 5.21 Å². The summed E-state index contributed by atoms with van der Waals surface area (Å²) in [6.45, 7) is 7.86. The van der Waals surface area contributed by atoms with Crippen LogP contribution in [-0.2, 0) is 0 Å². The van der Waals surface area contributed by atoms with Crippen molar-refractivity contribution in [2.75, 3.05) is 0 Å². The van der Waals surface area contributed by atoms with Gasteiger partial charge in [0.15, 0.2) is 0 Å². The fourth-order valence-electron chi connectivity index (χ4n) is 1.11. The highest BCUT2D eigenvalue weighted by atomic mass is 16.5. The zero-order valence-corrected chi connectivity index (χ0v) is 6.89. The van der Waals surface area contributed by atoms with E-state index >= 15 is 0 Å². The Balaban J connectivity index is 3.44. The first-order valence-electron chi connectivity index (χ1n) is 3.40. The van der Waals surface area contributed by atoms with Crippen molar-refractivity contribution in [3.63, 3.8) is 0 Å². The van der Waals surface area contributed by atoms with Crippen molar-refractivity contribution >= 4 is 0 Å². The standard InChI is InChI=1S/C8H13NO/c1-5-6(2)8(4)9(10)7(5)3/h10H,1-4H3. The molecular weight excluding hydrogens is 126 g/mol. The Labute approximate surface area is 61.1 Å². The lowest BCUT2D eigenvalue weighted by Crippen LogP contribution is -1.94. The predicted octanol–water partition coefficient (Wildman–Crippen LogP) is 1.96. The van der Waals surface area contributed by atoms with Crippen LogP contribution in [0, 0.1) is 27.7 Å². The number of nitrogens with zero attached hydrogens (tertiary/aromatic N) is 1. The van der Waals surface area contributed by atoms with E-state index in [-0.39, 0.29) is 0 Å². The lowest BCUT2D eigenvalue weighted by Gasteiger charge is -1.96. The summed E-state index contributed by atoms with van der Waals surface area (Å²) in [5.74, 6) is 0. The smallest absolute Gasteiger partial charge is 0.0571 e. The molecule has 0 radical (unpaired) electrons. The third kappa shape index (κ3) is 0.719. The molecule has 0 unspecified atom stereocenters. The van der Waals surface area contributed by atoms with Gasteiger partial charge in [-0.05, 0) is 38.8 Å². The molecule has 10 heavy (non-hydrogen) atoms. The van der Waals surface area contributed by atoms with Crippen LogP contribution in [0.1, 0.15) is 22.5 Å². The minimum Gasteiger partial charge on any atom is -0.428 e. The third-order valence-electron chi connectivity index (χ3n) is 2.28. The molecule has 0 aromatic carbocycles. The van der Waals surface area contributed by atoms with E-state index in [1.165, 1.54) is 15.9 Å². The van der Waals surface area contributed by atoms with E-state index in [1.54, 1.807) is 0 Å². The van der Waals surface area contributed by atoms with Gasteiger partial charge >= 0.3 is 0 Å². The van der Waals surface area contributed by atoms with Gasteiger partial charge in [-0.3, -0.25) is 0 Å². The molecule has 0 aliphatic rings. The molecule has 1 rings (SSSR count). The van der Waals surface area contributed by atoms with Crippen LogP contribution in [0.4, 0.5) is 0 Å². The quantitative estimate of drug-likeness (QED) is 0.546. The van der Waals surface area contributed by atoms with E-state index in [9.17, 15) is 5.21 Å².